The van der Waals surface area contributed by atoms with Gasteiger partial charge in [-0.05, 0) is 74.1 Å². The molecule has 0 amide bonds. The fourth-order valence-corrected chi connectivity index (χ4v) is 6.67. The lowest BCUT2D eigenvalue weighted by Crippen LogP contribution is -2.07. The highest BCUT2D eigenvalue weighted by atomic mass is 32.2. The van der Waals surface area contributed by atoms with E-state index in [9.17, 15) is 18.5 Å². The Labute approximate surface area is 252 Å². The second-order valence-corrected chi connectivity index (χ2v) is 13.3. The fourth-order valence-electron chi connectivity index (χ4n) is 4.73. The minimum atomic E-state index is -1.93. The molecule has 3 N–H and O–H groups in total. The van der Waals surface area contributed by atoms with Crippen molar-refractivity contribution >= 4 is 39.6 Å². The molecule has 3 aromatic heterocycles. The van der Waals surface area contributed by atoms with Crippen LogP contribution in [0.4, 0.5) is 4.39 Å². The number of thiazole rings is 1. The van der Waals surface area contributed by atoms with E-state index in [0.29, 0.717) is 28.7 Å². The molecule has 3 heterocycles. The first-order valence-corrected chi connectivity index (χ1v) is 16.1. The number of carboxylic acids is 1. The molecule has 1 saturated carbocycles. The lowest BCUT2D eigenvalue weighted by Gasteiger charge is -2.10. The van der Waals surface area contributed by atoms with Crippen molar-refractivity contribution in [3.63, 3.8) is 0 Å². The molecule has 1 fully saturated rings. The van der Waals surface area contributed by atoms with Gasteiger partial charge in [-0.3, -0.25) is 0 Å². The van der Waals surface area contributed by atoms with Crippen LogP contribution in [0.2, 0.25) is 0 Å². The van der Waals surface area contributed by atoms with Crippen molar-refractivity contribution in [3.05, 3.63) is 104 Å². The molecule has 212 valence electrons. The standard InChI is InChI=1S/C31H25FN4O3S3/c1-18-5-10-23(41-18)11-8-19-3-2-4-22(13-19)29-24(14-21-9-12-28(42(33)39)25(32)15-21)27(16-20-6-7-20)36(35-29)31-34-26(17-40-31)30(37)38/h2-5,9-10,12-13,15,17,20H,6-7,14,16,33H2,1H3,(H,37,38). The zero-order valence-electron chi connectivity index (χ0n) is 22.5. The van der Waals surface area contributed by atoms with Crippen LogP contribution in [0.15, 0.2) is 64.9 Å². The maximum absolute atomic E-state index is 14.8. The van der Waals surface area contributed by atoms with E-state index < -0.39 is 22.8 Å². The van der Waals surface area contributed by atoms with Crippen molar-refractivity contribution in [3.8, 4) is 28.2 Å². The average molecular weight is 617 g/mol. The van der Waals surface area contributed by atoms with Crippen molar-refractivity contribution in [1.82, 2.24) is 14.8 Å². The van der Waals surface area contributed by atoms with E-state index >= 15 is 0 Å². The first-order chi connectivity index (χ1) is 20.2. The smallest absolute Gasteiger partial charge is 0.355 e. The third-order valence-electron chi connectivity index (χ3n) is 6.96. The van der Waals surface area contributed by atoms with Gasteiger partial charge in [0.05, 0.1) is 21.2 Å². The van der Waals surface area contributed by atoms with Gasteiger partial charge in [-0.1, -0.05) is 30.0 Å². The number of rotatable bonds is 8. The Hall–Kier alpha value is -3.95. The van der Waals surface area contributed by atoms with E-state index in [0.717, 1.165) is 46.5 Å². The summed E-state index contributed by atoms with van der Waals surface area (Å²) in [6, 6.07) is 16.4. The summed E-state index contributed by atoms with van der Waals surface area (Å²) in [5.41, 5.74) is 4.80. The van der Waals surface area contributed by atoms with Crippen LogP contribution >= 0.6 is 22.7 Å². The summed E-state index contributed by atoms with van der Waals surface area (Å²) in [6.07, 6.45) is 3.27. The molecule has 1 aliphatic carbocycles. The highest BCUT2D eigenvalue weighted by Gasteiger charge is 2.29. The van der Waals surface area contributed by atoms with E-state index in [-0.39, 0.29) is 10.6 Å². The average Bonchev–Trinajstić information content (AvgIpc) is 3.31. The molecule has 1 atom stereocenters. The summed E-state index contributed by atoms with van der Waals surface area (Å²) in [4.78, 5) is 18.1. The van der Waals surface area contributed by atoms with Crippen molar-refractivity contribution in [2.75, 3.05) is 0 Å². The number of hydrogen-bond donors (Lipinski definition) is 2. The van der Waals surface area contributed by atoms with E-state index in [1.807, 2.05) is 43.3 Å². The number of aromatic carboxylic acids is 1. The fraction of sp³-hybridized carbons (Fsp3) is 0.194. The summed E-state index contributed by atoms with van der Waals surface area (Å²) in [5, 5.41) is 21.9. The van der Waals surface area contributed by atoms with E-state index in [2.05, 4.69) is 16.8 Å². The maximum atomic E-state index is 14.8. The van der Waals surface area contributed by atoms with Crippen molar-refractivity contribution in [2.24, 2.45) is 11.1 Å². The van der Waals surface area contributed by atoms with Gasteiger partial charge in [0.1, 0.15) is 16.8 Å². The second kappa shape index (κ2) is 11.7. The summed E-state index contributed by atoms with van der Waals surface area (Å²) in [5.74, 6) is 5.23. The van der Waals surface area contributed by atoms with Gasteiger partial charge in [-0.15, -0.1) is 22.7 Å². The Morgan fingerprint density at radius 3 is 2.69 bits per heavy atom. The van der Waals surface area contributed by atoms with Crippen LogP contribution < -0.4 is 5.14 Å². The second-order valence-electron chi connectivity index (χ2n) is 10.1. The molecule has 7 nitrogen and oxygen atoms in total. The molecule has 0 saturated heterocycles. The molecule has 42 heavy (non-hydrogen) atoms. The third-order valence-corrected chi connectivity index (χ3v) is 9.46. The van der Waals surface area contributed by atoms with Gasteiger partial charge in [0.15, 0.2) is 5.69 Å². The zero-order valence-corrected chi connectivity index (χ0v) is 24.9. The van der Waals surface area contributed by atoms with Crippen molar-refractivity contribution in [2.45, 2.75) is 37.5 Å². The molecular weight excluding hydrogens is 592 g/mol. The largest absolute Gasteiger partial charge is 0.476 e. The topological polar surface area (TPSA) is 111 Å². The Bertz CT molecular complexity index is 1910. The molecule has 2 aromatic carbocycles. The number of benzene rings is 2. The Morgan fingerprint density at radius 2 is 2.02 bits per heavy atom. The minimum Gasteiger partial charge on any atom is -0.476 e. The first kappa shape index (κ1) is 28.2. The summed E-state index contributed by atoms with van der Waals surface area (Å²) >= 11 is 2.85. The Balaban J connectivity index is 1.48. The number of carboxylic acid groups (broad SMARTS) is 1. The molecule has 6 rings (SSSR count). The molecular formula is C31H25FN4O3S3. The van der Waals surface area contributed by atoms with Crippen LogP contribution in [-0.4, -0.2) is 30.0 Å². The van der Waals surface area contributed by atoms with Crippen LogP contribution in [0.5, 0.6) is 0 Å². The number of nitrogens with zero attached hydrogens (tertiary/aromatic N) is 3. The molecule has 0 bridgehead atoms. The highest BCUT2D eigenvalue weighted by molar-refractivity contribution is 7.82. The van der Waals surface area contributed by atoms with Gasteiger partial charge in [0.2, 0.25) is 5.13 Å². The molecule has 11 heteroatoms. The highest BCUT2D eigenvalue weighted by Crippen LogP contribution is 2.38. The number of hydrogen-bond acceptors (Lipinski definition) is 6. The minimum absolute atomic E-state index is 0.0421. The molecule has 1 unspecified atom stereocenters. The van der Waals surface area contributed by atoms with Gasteiger partial charge in [0, 0.05) is 33.4 Å². The normalized spacial score (nSPS) is 13.5. The Kier molecular flexibility index (Phi) is 7.88. The molecule has 0 aliphatic heterocycles. The number of thiophene rings is 1. The lowest BCUT2D eigenvalue weighted by atomic mass is 9.96. The van der Waals surface area contributed by atoms with Crippen LogP contribution in [0.25, 0.3) is 16.4 Å². The predicted molar refractivity (Wildman–Crippen MR) is 163 cm³/mol. The molecule has 5 aromatic rings. The van der Waals surface area contributed by atoms with Crippen LogP contribution in [-0.2, 0) is 23.8 Å². The van der Waals surface area contributed by atoms with Gasteiger partial charge in [-0.25, -0.2) is 28.2 Å². The zero-order chi connectivity index (χ0) is 29.4. The van der Waals surface area contributed by atoms with Crippen LogP contribution in [0, 0.1) is 30.5 Å². The quantitative estimate of drug-likeness (QED) is 0.204. The SMILES string of the molecule is Cc1ccc(C#Cc2cccc(-c3nn(-c4nc(C(=O)O)cs4)c(CC4CC4)c3Cc3ccc(S(N)=O)c(F)c3)c2)s1. The Morgan fingerprint density at radius 1 is 1.19 bits per heavy atom. The molecule has 1 aliphatic rings. The number of nitrogens with two attached hydrogens (primary N) is 1. The summed E-state index contributed by atoms with van der Waals surface area (Å²) < 4.78 is 28.3. The van der Waals surface area contributed by atoms with Gasteiger partial charge >= 0.3 is 5.97 Å². The van der Waals surface area contributed by atoms with Gasteiger partial charge in [0.25, 0.3) is 0 Å². The summed E-state index contributed by atoms with van der Waals surface area (Å²) in [7, 11) is -1.93. The third kappa shape index (κ3) is 6.12. The molecule has 0 spiro atoms. The number of carbonyl (C=O) groups is 1. The van der Waals surface area contributed by atoms with Gasteiger partial charge < -0.3 is 5.11 Å². The van der Waals surface area contributed by atoms with Crippen molar-refractivity contribution in [1.29, 1.82) is 0 Å². The van der Waals surface area contributed by atoms with Crippen LogP contribution in [0.3, 0.4) is 0 Å². The van der Waals surface area contributed by atoms with E-state index in [1.165, 1.54) is 33.7 Å². The van der Waals surface area contributed by atoms with E-state index in [4.69, 9.17) is 10.2 Å². The first-order valence-electron chi connectivity index (χ1n) is 13.2. The molecule has 0 radical (unpaired) electrons. The summed E-state index contributed by atoms with van der Waals surface area (Å²) in [6.45, 7) is 2.05. The maximum Gasteiger partial charge on any atom is 0.355 e. The number of aryl methyl sites for hydroxylation is 1. The number of halogens is 1. The van der Waals surface area contributed by atoms with Crippen molar-refractivity contribution < 1.29 is 18.5 Å². The van der Waals surface area contributed by atoms with Crippen LogP contribution in [0.1, 0.15) is 55.5 Å². The lowest BCUT2D eigenvalue weighted by molar-refractivity contribution is 0.0691. The van der Waals surface area contributed by atoms with Gasteiger partial charge in [-0.2, -0.15) is 5.10 Å². The number of aromatic nitrogens is 3. The monoisotopic (exact) mass is 616 g/mol. The predicted octanol–water partition coefficient (Wildman–Crippen LogP) is 6.13. The van der Waals surface area contributed by atoms with E-state index in [1.54, 1.807) is 22.1 Å².